The highest BCUT2D eigenvalue weighted by Gasteiger charge is 2.40. The van der Waals surface area contributed by atoms with E-state index in [-0.39, 0.29) is 18.6 Å². The highest BCUT2D eigenvalue weighted by molar-refractivity contribution is 5.83. The molecule has 106 valence electrons. The fourth-order valence-electron chi connectivity index (χ4n) is 2.73. The zero-order chi connectivity index (χ0) is 13.7. The number of nitrogens with two attached hydrogens (primary N) is 1. The van der Waals surface area contributed by atoms with Gasteiger partial charge in [-0.05, 0) is 12.8 Å². The zero-order valence-corrected chi connectivity index (χ0v) is 11.1. The molecular weight excluding hydrogens is 244 g/mol. The van der Waals surface area contributed by atoms with Gasteiger partial charge in [0.1, 0.15) is 0 Å². The van der Waals surface area contributed by atoms with Gasteiger partial charge in [-0.1, -0.05) is 12.8 Å². The Labute approximate surface area is 112 Å². The van der Waals surface area contributed by atoms with Crippen molar-refractivity contribution in [2.45, 2.75) is 38.1 Å². The molecular formula is C13H22N4O2. The first-order valence-electron chi connectivity index (χ1n) is 6.80. The average molecular weight is 266 g/mol. The number of aromatic nitrogens is 2. The lowest BCUT2D eigenvalue weighted by Gasteiger charge is -2.28. The van der Waals surface area contributed by atoms with Gasteiger partial charge in [0.15, 0.2) is 0 Å². The van der Waals surface area contributed by atoms with E-state index in [1.165, 1.54) is 0 Å². The Hall–Kier alpha value is -1.40. The van der Waals surface area contributed by atoms with Crippen molar-refractivity contribution in [2.75, 3.05) is 13.2 Å². The van der Waals surface area contributed by atoms with E-state index < -0.39 is 5.41 Å². The fourth-order valence-corrected chi connectivity index (χ4v) is 2.73. The molecule has 0 spiro atoms. The van der Waals surface area contributed by atoms with E-state index in [4.69, 9.17) is 5.73 Å². The number of imidazole rings is 1. The quantitative estimate of drug-likeness (QED) is 0.579. The van der Waals surface area contributed by atoms with Crippen LogP contribution in [0.25, 0.3) is 0 Å². The van der Waals surface area contributed by atoms with Crippen LogP contribution in [0.4, 0.5) is 0 Å². The van der Waals surface area contributed by atoms with Crippen LogP contribution in [0.2, 0.25) is 0 Å². The minimum Gasteiger partial charge on any atom is -0.394 e. The molecule has 0 saturated heterocycles. The number of hydrogen-bond donors (Lipinski definition) is 4. The summed E-state index contributed by atoms with van der Waals surface area (Å²) in [4.78, 5) is 19.3. The number of amides is 1. The monoisotopic (exact) mass is 266 g/mol. The Morgan fingerprint density at radius 2 is 2.32 bits per heavy atom. The van der Waals surface area contributed by atoms with Crippen molar-refractivity contribution in [2.24, 2.45) is 11.1 Å². The SMILES string of the molecule is NCC1(C(=O)NC(CO)Cc2c[nH]cn2)CCCC1. The van der Waals surface area contributed by atoms with Crippen molar-refractivity contribution in [1.82, 2.24) is 15.3 Å². The number of aromatic amines is 1. The lowest BCUT2D eigenvalue weighted by atomic mass is 9.85. The maximum atomic E-state index is 12.4. The summed E-state index contributed by atoms with van der Waals surface area (Å²) < 4.78 is 0. The molecule has 6 nitrogen and oxygen atoms in total. The number of carbonyl (C=O) groups excluding carboxylic acids is 1. The Morgan fingerprint density at radius 3 is 2.84 bits per heavy atom. The van der Waals surface area contributed by atoms with Gasteiger partial charge >= 0.3 is 0 Å². The van der Waals surface area contributed by atoms with Crippen molar-refractivity contribution < 1.29 is 9.90 Å². The van der Waals surface area contributed by atoms with Gasteiger partial charge in [0.2, 0.25) is 5.91 Å². The number of rotatable bonds is 6. The number of hydrogen-bond acceptors (Lipinski definition) is 4. The van der Waals surface area contributed by atoms with Gasteiger partial charge in [0, 0.05) is 19.2 Å². The van der Waals surface area contributed by atoms with Crippen LogP contribution in [0.5, 0.6) is 0 Å². The van der Waals surface area contributed by atoms with E-state index in [9.17, 15) is 9.90 Å². The summed E-state index contributed by atoms with van der Waals surface area (Å²) in [5, 5.41) is 12.3. The van der Waals surface area contributed by atoms with E-state index >= 15 is 0 Å². The van der Waals surface area contributed by atoms with Gasteiger partial charge in [-0.25, -0.2) is 4.98 Å². The van der Waals surface area contributed by atoms with Crippen molar-refractivity contribution in [1.29, 1.82) is 0 Å². The molecule has 0 aromatic carbocycles. The fraction of sp³-hybridized carbons (Fsp3) is 0.692. The lowest BCUT2D eigenvalue weighted by molar-refractivity contribution is -0.131. The van der Waals surface area contributed by atoms with Crippen LogP contribution in [0.3, 0.4) is 0 Å². The highest BCUT2D eigenvalue weighted by atomic mass is 16.3. The maximum absolute atomic E-state index is 12.4. The topological polar surface area (TPSA) is 104 Å². The Morgan fingerprint density at radius 1 is 1.58 bits per heavy atom. The lowest BCUT2D eigenvalue weighted by Crippen LogP contribution is -2.49. The van der Waals surface area contributed by atoms with Gasteiger partial charge < -0.3 is 21.1 Å². The van der Waals surface area contributed by atoms with E-state index in [0.717, 1.165) is 31.4 Å². The van der Waals surface area contributed by atoms with Crippen molar-refractivity contribution in [3.05, 3.63) is 18.2 Å². The Balaban J connectivity index is 1.95. The Kier molecular flexibility index (Phi) is 4.55. The molecule has 1 saturated carbocycles. The second-order valence-electron chi connectivity index (χ2n) is 5.31. The first-order chi connectivity index (χ1) is 9.20. The predicted molar refractivity (Wildman–Crippen MR) is 71.3 cm³/mol. The molecule has 19 heavy (non-hydrogen) atoms. The first-order valence-corrected chi connectivity index (χ1v) is 6.80. The number of nitrogens with one attached hydrogen (secondary N) is 2. The third kappa shape index (κ3) is 3.13. The molecule has 1 amide bonds. The molecule has 0 bridgehead atoms. The van der Waals surface area contributed by atoms with Crippen molar-refractivity contribution in [3.63, 3.8) is 0 Å². The molecule has 1 atom stereocenters. The number of aliphatic hydroxyl groups excluding tert-OH is 1. The minimum absolute atomic E-state index is 0.0258. The molecule has 6 heteroatoms. The molecule has 1 aliphatic carbocycles. The summed E-state index contributed by atoms with van der Waals surface area (Å²) in [6.07, 6.45) is 7.66. The van der Waals surface area contributed by atoms with E-state index in [1.807, 2.05) is 0 Å². The molecule has 1 unspecified atom stereocenters. The number of H-pyrrole nitrogens is 1. The summed E-state index contributed by atoms with van der Waals surface area (Å²) in [7, 11) is 0. The van der Waals surface area contributed by atoms with Crippen LogP contribution in [-0.2, 0) is 11.2 Å². The van der Waals surface area contributed by atoms with E-state index in [1.54, 1.807) is 12.5 Å². The first kappa shape index (κ1) is 14.0. The number of carbonyl (C=O) groups is 1. The van der Waals surface area contributed by atoms with Crippen molar-refractivity contribution >= 4 is 5.91 Å². The van der Waals surface area contributed by atoms with Crippen LogP contribution >= 0.6 is 0 Å². The van der Waals surface area contributed by atoms with Crippen LogP contribution in [-0.4, -0.2) is 40.2 Å². The summed E-state index contributed by atoms with van der Waals surface area (Å²) in [5.74, 6) is -0.0258. The van der Waals surface area contributed by atoms with Crippen molar-refractivity contribution in [3.8, 4) is 0 Å². The molecule has 2 rings (SSSR count). The smallest absolute Gasteiger partial charge is 0.227 e. The zero-order valence-electron chi connectivity index (χ0n) is 11.1. The second-order valence-corrected chi connectivity index (χ2v) is 5.31. The minimum atomic E-state index is -0.432. The summed E-state index contributed by atoms with van der Waals surface area (Å²) >= 11 is 0. The van der Waals surface area contributed by atoms with Gasteiger partial charge in [-0.2, -0.15) is 0 Å². The molecule has 0 radical (unpaired) electrons. The molecule has 1 heterocycles. The van der Waals surface area contributed by atoms with E-state index in [2.05, 4.69) is 15.3 Å². The number of aliphatic hydroxyl groups is 1. The van der Waals surface area contributed by atoms with Crippen LogP contribution in [0, 0.1) is 5.41 Å². The second kappa shape index (κ2) is 6.16. The molecule has 1 aromatic rings. The Bertz CT molecular complexity index is 399. The van der Waals surface area contributed by atoms with Gasteiger partial charge in [-0.3, -0.25) is 4.79 Å². The van der Waals surface area contributed by atoms with Crippen LogP contribution in [0.15, 0.2) is 12.5 Å². The summed E-state index contributed by atoms with van der Waals surface area (Å²) in [5.41, 5.74) is 6.18. The van der Waals surface area contributed by atoms with Gasteiger partial charge in [0.05, 0.1) is 30.1 Å². The molecule has 5 N–H and O–H groups in total. The highest BCUT2D eigenvalue weighted by Crippen LogP contribution is 2.37. The maximum Gasteiger partial charge on any atom is 0.227 e. The number of nitrogens with zero attached hydrogens (tertiary/aromatic N) is 1. The van der Waals surface area contributed by atoms with Crippen LogP contribution in [0.1, 0.15) is 31.4 Å². The molecule has 1 aliphatic rings. The summed E-state index contributed by atoms with van der Waals surface area (Å²) in [6, 6.07) is -0.306. The van der Waals surface area contributed by atoms with Gasteiger partial charge in [-0.15, -0.1) is 0 Å². The average Bonchev–Trinajstić information content (AvgIpc) is 3.09. The third-order valence-electron chi connectivity index (χ3n) is 4.00. The standard InChI is InChI=1S/C13H22N4O2/c14-8-13(3-1-2-4-13)12(19)17-11(7-18)5-10-6-15-9-16-10/h6,9,11,18H,1-5,7-8,14H2,(H,15,16)(H,17,19). The van der Waals surface area contributed by atoms with E-state index in [0.29, 0.717) is 13.0 Å². The van der Waals surface area contributed by atoms with Gasteiger partial charge in [0.25, 0.3) is 0 Å². The summed E-state index contributed by atoms with van der Waals surface area (Å²) in [6.45, 7) is 0.276. The normalized spacial score (nSPS) is 19.3. The largest absolute Gasteiger partial charge is 0.394 e. The van der Waals surface area contributed by atoms with Crippen LogP contribution < -0.4 is 11.1 Å². The molecule has 0 aliphatic heterocycles. The predicted octanol–water partition coefficient (Wildman–Crippen LogP) is -0.0516. The molecule has 1 aromatic heterocycles. The molecule has 1 fully saturated rings. The third-order valence-corrected chi connectivity index (χ3v) is 4.00.